The Morgan fingerprint density at radius 2 is 1.76 bits per heavy atom. The Balaban J connectivity index is 2.32. The second-order valence-corrected chi connectivity index (χ2v) is 6.92. The molecule has 2 aromatic rings. The summed E-state index contributed by atoms with van der Waals surface area (Å²) in [6, 6.07) is 13.3. The highest BCUT2D eigenvalue weighted by Crippen LogP contribution is 2.31. The van der Waals surface area contributed by atoms with Gasteiger partial charge in [-0.05, 0) is 74.9 Å². The highest BCUT2D eigenvalue weighted by Gasteiger charge is 2.21. The largest absolute Gasteiger partial charge is 0.495 e. The van der Waals surface area contributed by atoms with Crippen LogP contribution in [0.5, 0.6) is 5.75 Å². The van der Waals surface area contributed by atoms with Crippen LogP contribution in [-0.4, -0.2) is 18.2 Å². The molecule has 0 amide bonds. The lowest BCUT2D eigenvalue weighted by atomic mass is 9.92. The van der Waals surface area contributed by atoms with Crippen LogP contribution in [0.15, 0.2) is 42.5 Å². The first-order chi connectivity index (χ1) is 10.0. The van der Waals surface area contributed by atoms with Crippen LogP contribution in [0.4, 0.5) is 0 Å². The number of carboxylic acids is 1. The fourth-order valence-electron chi connectivity index (χ4n) is 2.19. The summed E-state index contributed by atoms with van der Waals surface area (Å²) in [6.07, 6.45) is 0.468. The van der Waals surface area contributed by atoms with E-state index in [9.17, 15) is 9.90 Å². The molecule has 0 saturated heterocycles. The first-order valence-corrected chi connectivity index (χ1v) is 8.48. The van der Waals surface area contributed by atoms with Gasteiger partial charge in [-0.1, -0.05) is 30.3 Å². The Morgan fingerprint density at radius 1 is 1.19 bits per heavy atom. The number of aliphatic carboxylic acids is 1. The maximum atomic E-state index is 11.6. The Bertz CT molecular complexity index is 618. The van der Waals surface area contributed by atoms with E-state index < -0.39 is 11.9 Å². The molecule has 3 nitrogen and oxygen atoms in total. The number of rotatable bonds is 5. The van der Waals surface area contributed by atoms with Crippen molar-refractivity contribution in [2.24, 2.45) is 0 Å². The number of hydrogen-bond donors (Lipinski definition) is 1. The lowest BCUT2D eigenvalue weighted by Gasteiger charge is -2.15. The molecule has 0 unspecified atom stereocenters. The van der Waals surface area contributed by atoms with Crippen LogP contribution in [0.2, 0.25) is 0 Å². The standard InChI is InChI=1S/C16H14I2O3/c1-21-15-13(17)8-10(9-14(15)18)7-12(16(19)20)11-5-3-2-4-6-11/h2-6,8-9,12H,7H2,1H3,(H,19,20)/t12-/m1/s1. The van der Waals surface area contributed by atoms with E-state index in [1.165, 1.54) is 0 Å². The molecule has 5 heteroatoms. The maximum Gasteiger partial charge on any atom is 0.311 e. The summed E-state index contributed by atoms with van der Waals surface area (Å²) in [5, 5.41) is 9.50. The molecular weight excluding hydrogens is 494 g/mol. The molecule has 0 aliphatic heterocycles. The van der Waals surface area contributed by atoms with Crippen molar-refractivity contribution in [3.8, 4) is 5.75 Å². The minimum atomic E-state index is -0.804. The van der Waals surface area contributed by atoms with Crippen molar-refractivity contribution in [1.82, 2.24) is 0 Å². The molecule has 110 valence electrons. The Kier molecular flexibility index (Phi) is 5.86. The van der Waals surface area contributed by atoms with Crippen LogP contribution < -0.4 is 4.74 Å². The van der Waals surface area contributed by atoms with Crippen molar-refractivity contribution in [2.45, 2.75) is 12.3 Å². The number of methoxy groups -OCH3 is 1. The highest BCUT2D eigenvalue weighted by atomic mass is 127. The van der Waals surface area contributed by atoms with Gasteiger partial charge in [0.25, 0.3) is 0 Å². The summed E-state index contributed by atoms with van der Waals surface area (Å²) in [5.41, 5.74) is 1.83. The zero-order valence-electron chi connectivity index (χ0n) is 11.3. The molecule has 0 aliphatic carbocycles. The van der Waals surface area contributed by atoms with E-state index in [-0.39, 0.29) is 0 Å². The first-order valence-electron chi connectivity index (χ1n) is 6.32. The molecule has 2 aromatic carbocycles. The number of carboxylic acid groups (broad SMARTS) is 1. The first kappa shape index (κ1) is 16.5. The van der Waals surface area contributed by atoms with Gasteiger partial charge in [-0.25, -0.2) is 0 Å². The zero-order chi connectivity index (χ0) is 15.4. The Labute approximate surface area is 151 Å². The van der Waals surface area contributed by atoms with E-state index >= 15 is 0 Å². The van der Waals surface area contributed by atoms with Crippen LogP contribution in [0.1, 0.15) is 17.0 Å². The normalized spacial score (nSPS) is 12.0. The average Bonchev–Trinajstić information content (AvgIpc) is 2.45. The predicted octanol–water partition coefficient (Wildman–Crippen LogP) is 4.32. The van der Waals surface area contributed by atoms with E-state index in [2.05, 4.69) is 45.2 Å². The lowest BCUT2D eigenvalue weighted by molar-refractivity contribution is -0.138. The summed E-state index contributed by atoms with van der Waals surface area (Å²) in [7, 11) is 1.64. The molecule has 0 saturated carbocycles. The molecular formula is C16H14I2O3. The third-order valence-corrected chi connectivity index (χ3v) is 4.80. The molecule has 0 radical (unpaired) electrons. The van der Waals surface area contributed by atoms with Crippen molar-refractivity contribution in [1.29, 1.82) is 0 Å². The minimum Gasteiger partial charge on any atom is -0.495 e. The van der Waals surface area contributed by atoms with E-state index in [1.54, 1.807) is 7.11 Å². The third kappa shape index (κ3) is 4.09. The molecule has 0 fully saturated rings. The number of halogens is 2. The van der Waals surface area contributed by atoms with Crippen LogP contribution in [0, 0.1) is 7.14 Å². The van der Waals surface area contributed by atoms with E-state index in [0.29, 0.717) is 6.42 Å². The van der Waals surface area contributed by atoms with Crippen molar-refractivity contribution in [3.05, 3.63) is 60.7 Å². The minimum absolute atomic E-state index is 0.468. The lowest BCUT2D eigenvalue weighted by Crippen LogP contribution is -2.14. The van der Waals surface area contributed by atoms with Gasteiger partial charge in [-0.2, -0.15) is 0 Å². The second-order valence-electron chi connectivity index (χ2n) is 4.60. The molecule has 0 aliphatic rings. The van der Waals surface area contributed by atoms with Gasteiger partial charge in [-0.3, -0.25) is 4.79 Å². The number of hydrogen-bond acceptors (Lipinski definition) is 2. The molecule has 0 bridgehead atoms. The number of carbonyl (C=O) groups is 1. The third-order valence-electron chi connectivity index (χ3n) is 3.20. The van der Waals surface area contributed by atoms with Gasteiger partial charge < -0.3 is 9.84 Å². The quantitative estimate of drug-likeness (QED) is 0.613. The highest BCUT2D eigenvalue weighted by molar-refractivity contribution is 14.1. The summed E-state index contributed by atoms with van der Waals surface area (Å²) in [5.74, 6) is -0.500. The molecule has 0 heterocycles. The summed E-state index contributed by atoms with van der Waals surface area (Å²) in [6.45, 7) is 0. The van der Waals surface area contributed by atoms with Gasteiger partial charge in [0.15, 0.2) is 0 Å². The van der Waals surface area contributed by atoms with Gasteiger partial charge >= 0.3 is 5.97 Å². The van der Waals surface area contributed by atoms with Crippen molar-refractivity contribution in [2.75, 3.05) is 7.11 Å². The topological polar surface area (TPSA) is 46.5 Å². The molecule has 0 spiro atoms. The molecule has 21 heavy (non-hydrogen) atoms. The zero-order valence-corrected chi connectivity index (χ0v) is 15.7. The van der Waals surface area contributed by atoms with Crippen molar-refractivity contribution < 1.29 is 14.6 Å². The van der Waals surface area contributed by atoms with E-state index in [4.69, 9.17) is 4.74 Å². The monoisotopic (exact) mass is 508 g/mol. The van der Waals surface area contributed by atoms with Crippen LogP contribution in [0.25, 0.3) is 0 Å². The Morgan fingerprint density at radius 3 is 2.24 bits per heavy atom. The molecule has 1 N–H and O–H groups in total. The van der Waals surface area contributed by atoms with Gasteiger partial charge in [0, 0.05) is 0 Å². The van der Waals surface area contributed by atoms with E-state index in [1.807, 2.05) is 42.5 Å². The second kappa shape index (κ2) is 7.44. The summed E-state index contributed by atoms with van der Waals surface area (Å²) >= 11 is 4.43. The average molecular weight is 508 g/mol. The van der Waals surface area contributed by atoms with Crippen LogP contribution >= 0.6 is 45.2 Å². The number of ether oxygens (including phenoxy) is 1. The van der Waals surface area contributed by atoms with Crippen LogP contribution in [-0.2, 0) is 11.2 Å². The van der Waals surface area contributed by atoms with Gasteiger partial charge in [0.1, 0.15) is 5.75 Å². The SMILES string of the molecule is COc1c(I)cc(C[C@@H](C(=O)O)c2ccccc2)cc1I. The molecule has 2 rings (SSSR count). The fraction of sp³-hybridized carbons (Fsp3) is 0.188. The summed E-state index contributed by atoms with van der Waals surface area (Å²) < 4.78 is 7.33. The molecule has 0 aromatic heterocycles. The van der Waals surface area contributed by atoms with Crippen LogP contribution in [0.3, 0.4) is 0 Å². The fourth-order valence-corrected chi connectivity index (χ4v) is 4.53. The van der Waals surface area contributed by atoms with Crippen molar-refractivity contribution >= 4 is 51.2 Å². The van der Waals surface area contributed by atoms with Gasteiger partial charge in [0.2, 0.25) is 0 Å². The van der Waals surface area contributed by atoms with Gasteiger partial charge in [0.05, 0.1) is 20.2 Å². The summed E-state index contributed by atoms with van der Waals surface area (Å²) in [4.78, 5) is 11.6. The predicted molar refractivity (Wildman–Crippen MR) is 99.0 cm³/mol. The van der Waals surface area contributed by atoms with Crippen molar-refractivity contribution in [3.63, 3.8) is 0 Å². The van der Waals surface area contributed by atoms with Gasteiger partial charge in [-0.15, -0.1) is 0 Å². The maximum absolute atomic E-state index is 11.6. The Hall–Kier alpha value is -0.830. The number of benzene rings is 2. The molecule has 1 atom stereocenters. The smallest absolute Gasteiger partial charge is 0.311 e. The van der Waals surface area contributed by atoms with E-state index in [0.717, 1.165) is 24.0 Å².